The van der Waals surface area contributed by atoms with Crippen LogP contribution in [0.5, 0.6) is 0 Å². The van der Waals surface area contributed by atoms with Crippen LogP contribution >= 0.6 is 0 Å². The fraction of sp³-hybridized carbons (Fsp3) is 0.600. The molecule has 1 aromatic carbocycles. The van der Waals surface area contributed by atoms with E-state index in [1.54, 1.807) is 12.1 Å². The van der Waals surface area contributed by atoms with Gasteiger partial charge >= 0.3 is 0 Å². The quantitative estimate of drug-likeness (QED) is 0.659. The van der Waals surface area contributed by atoms with Crippen LogP contribution in [0.4, 0.5) is 4.39 Å². The first kappa shape index (κ1) is 14.2. The lowest BCUT2D eigenvalue weighted by Gasteiger charge is -2.16. The summed E-state index contributed by atoms with van der Waals surface area (Å²) in [5.41, 5.74) is 1.06. The van der Waals surface area contributed by atoms with E-state index < -0.39 is 0 Å². The third-order valence-electron chi connectivity index (χ3n) is 3.20. The van der Waals surface area contributed by atoms with Crippen molar-refractivity contribution < 1.29 is 4.39 Å². The van der Waals surface area contributed by atoms with Crippen molar-refractivity contribution >= 4 is 0 Å². The highest BCUT2D eigenvalue weighted by atomic mass is 19.1. The molecule has 0 amide bonds. The minimum Gasteiger partial charge on any atom is -0.313 e. The first-order chi connectivity index (χ1) is 8.27. The molecule has 0 spiro atoms. The van der Waals surface area contributed by atoms with Gasteiger partial charge in [0.25, 0.3) is 0 Å². The van der Waals surface area contributed by atoms with Gasteiger partial charge in [-0.15, -0.1) is 0 Å². The SMILES string of the molecule is CCCCCCCC(NC)c1cccc(F)c1. The predicted molar refractivity (Wildman–Crippen MR) is 71.6 cm³/mol. The van der Waals surface area contributed by atoms with Gasteiger partial charge in [-0.3, -0.25) is 0 Å². The highest BCUT2D eigenvalue weighted by Crippen LogP contribution is 2.20. The van der Waals surface area contributed by atoms with Gasteiger partial charge in [0.15, 0.2) is 0 Å². The van der Waals surface area contributed by atoms with Gasteiger partial charge in [-0.25, -0.2) is 4.39 Å². The Morgan fingerprint density at radius 2 is 1.94 bits per heavy atom. The van der Waals surface area contributed by atoms with Crippen LogP contribution in [0, 0.1) is 5.82 Å². The Hall–Kier alpha value is -0.890. The Balaban J connectivity index is 2.38. The molecule has 1 rings (SSSR count). The number of nitrogens with one attached hydrogen (secondary N) is 1. The zero-order valence-electron chi connectivity index (χ0n) is 11.0. The Labute approximate surface area is 104 Å². The van der Waals surface area contributed by atoms with Crippen LogP contribution in [-0.4, -0.2) is 7.05 Å². The van der Waals surface area contributed by atoms with E-state index in [4.69, 9.17) is 0 Å². The van der Waals surface area contributed by atoms with Gasteiger partial charge in [0.1, 0.15) is 5.82 Å². The summed E-state index contributed by atoms with van der Waals surface area (Å²) in [6, 6.07) is 7.19. The zero-order chi connectivity index (χ0) is 12.5. The molecule has 1 nitrogen and oxygen atoms in total. The topological polar surface area (TPSA) is 12.0 Å². The molecule has 0 aliphatic carbocycles. The van der Waals surface area contributed by atoms with Crippen LogP contribution in [0.2, 0.25) is 0 Å². The van der Waals surface area contributed by atoms with Gasteiger partial charge in [0.2, 0.25) is 0 Å². The average molecular weight is 237 g/mol. The fourth-order valence-electron chi connectivity index (χ4n) is 2.15. The third kappa shape index (κ3) is 5.31. The van der Waals surface area contributed by atoms with Gasteiger partial charge < -0.3 is 5.32 Å². The first-order valence-corrected chi connectivity index (χ1v) is 6.70. The van der Waals surface area contributed by atoms with Crippen LogP contribution in [0.1, 0.15) is 57.1 Å². The number of unbranched alkanes of at least 4 members (excludes halogenated alkanes) is 4. The Kier molecular flexibility index (Phi) is 6.87. The van der Waals surface area contributed by atoms with Crippen molar-refractivity contribution in [3.63, 3.8) is 0 Å². The monoisotopic (exact) mass is 237 g/mol. The van der Waals surface area contributed by atoms with Crippen LogP contribution in [0.3, 0.4) is 0 Å². The Morgan fingerprint density at radius 1 is 1.18 bits per heavy atom. The molecular weight excluding hydrogens is 213 g/mol. The van der Waals surface area contributed by atoms with Crippen LogP contribution < -0.4 is 5.32 Å². The minimum absolute atomic E-state index is 0.145. The number of hydrogen-bond acceptors (Lipinski definition) is 1. The minimum atomic E-state index is -0.145. The summed E-state index contributed by atoms with van der Waals surface area (Å²) in [5.74, 6) is -0.145. The summed E-state index contributed by atoms with van der Waals surface area (Å²) < 4.78 is 13.1. The summed E-state index contributed by atoms with van der Waals surface area (Å²) in [6.07, 6.45) is 7.49. The molecule has 0 aliphatic rings. The van der Waals surface area contributed by atoms with Crippen molar-refractivity contribution in [2.75, 3.05) is 7.05 Å². The number of rotatable bonds is 8. The average Bonchev–Trinajstić information content (AvgIpc) is 2.34. The maximum Gasteiger partial charge on any atom is 0.123 e. The number of halogens is 1. The summed E-state index contributed by atoms with van der Waals surface area (Å²) in [6.45, 7) is 2.23. The molecule has 17 heavy (non-hydrogen) atoms. The maximum atomic E-state index is 13.1. The second-order valence-corrected chi connectivity index (χ2v) is 4.60. The molecule has 0 saturated heterocycles. The zero-order valence-corrected chi connectivity index (χ0v) is 11.0. The lowest BCUT2D eigenvalue weighted by molar-refractivity contribution is 0.498. The van der Waals surface area contributed by atoms with Gasteiger partial charge in [-0.2, -0.15) is 0 Å². The summed E-state index contributed by atoms with van der Waals surface area (Å²) in [5, 5.41) is 3.27. The Morgan fingerprint density at radius 3 is 2.59 bits per heavy atom. The molecule has 96 valence electrons. The van der Waals surface area contributed by atoms with E-state index in [1.165, 1.54) is 38.2 Å². The van der Waals surface area contributed by atoms with Crippen LogP contribution in [0.25, 0.3) is 0 Å². The van der Waals surface area contributed by atoms with E-state index in [2.05, 4.69) is 12.2 Å². The number of hydrogen-bond donors (Lipinski definition) is 1. The molecule has 1 N–H and O–H groups in total. The number of benzene rings is 1. The second-order valence-electron chi connectivity index (χ2n) is 4.60. The summed E-state index contributed by atoms with van der Waals surface area (Å²) >= 11 is 0. The van der Waals surface area contributed by atoms with E-state index in [1.807, 2.05) is 13.1 Å². The van der Waals surface area contributed by atoms with Crippen molar-refractivity contribution in [1.29, 1.82) is 0 Å². The van der Waals surface area contributed by atoms with Crippen LogP contribution in [-0.2, 0) is 0 Å². The van der Waals surface area contributed by atoms with Crippen molar-refractivity contribution in [3.05, 3.63) is 35.6 Å². The molecule has 0 bridgehead atoms. The first-order valence-electron chi connectivity index (χ1n) is 6.70. The molecule has 0 fully saturated rings. The highest BCUT2D eigenvalue weighted by molar-refractivity contribution is 5.19. The molecule has 0 radical (unpaired) electrons. The smallest absolute Gasteiger partial charge is 0.123 e. The predicted octanol–water partition coefficient (Wildman–Crippen LogP) is 4.45. The van der Waals surface area contributed by atoms with Crippen molar-refractivity contribution in [2.24, 2.45) is 0 Å². The largest absolute Gasteiger partial charge is 0.313 e. The second kappa shape index (κ2) is 8.24. The molecule has 0 heterocycles. The molecule has 0 aromatic heterocycles. The molecule has 1 unspecified atom stereocenters. The molecule has 1 aromatic rings. The molecule has 0 saturated carbocycles. The molecule has 2 heteroatoms. The summed E-state index contributed by atoms with van der Waals surface area (Å²) in [7, 11) is 1.95. The lowest BCUT2D eigenvalue weighted by Crippen LogP contribution is -2.16. The molecular formula is C15H24FN. The Bertz CT molecular complexity index is 312. The van der Waals surface area contributed by atoms with E-state index in [9.17, 15) is 4.39 Å². The van der Waals surface area contributed by atoms with Crippen molar-refractivity contribution in [1.82, 2.24) is 5.32 Å². The van der Waals surface area contributed by atoms with Crippen molar-refractivity contribution in [3.8, 4) is 0 Å². The normalized spacial score (nSPS) is 12.6. The van der Waals surface area contributed by atoms with Gasteiger partial charge in [-0.05, 0) is 31.2 Å². The van der Waals surface area contributed by atoms with E-state index >= 15 is 0 Å². The van der Waals surface area contributed by atoms with E-state index in [0.29, 0.717) is 0 Å². The van der Waals surface area contributed by atoms with Crippen LogP contribution in [0.15, 0.2) is 24.3 Å². The lowest BCUT2D eigenvalue weighted by atomic mass is 10.00. The van der Waals surface area contributed by atoms with E-state index in [-0.39, 0.29) is 11.9 Å². The van der Waals surface area contributed by atoms with Gasteiger partial charge in [-0.1, -0.05) is 51.2 Å². The van der Waals surface area contributed by atoms with Gasteiger partial charge in [0, 0.05) is 6.04 Å². The molecule has 1 atom stereocenters. The highest BCUT2D eigenvalue weighted by Gasteiger charge is 2.08. The standard InChI is InChI=1S/C15H24FN/c1-3-4-5-6-7-11-15(17-2)13-9-8-10-14(16)12-13/h8-10,12,15,17H,3-7,11H2,1-2H3. The third-order valence-corrected chi connectivity index (χ3v) is 3.20. The summed E-state index contributed by atoms with van der Waals surface area (Å²) in [4.78, 5) is 0. The maximum absolute atomic E-state index is 13.1. The van der Waals surface area contributed by atoms with Gasteiger partial charge in [0.05, 0.1) is 0 Å². The fourth-order valence-corrected chi connectivity index (χ4v) is 2.15. The van der Waals surface area contributed by atoms with E-state index in [0.717, 1.165) is 12.0 Å². The van der Waals surface area contributed by atoms with Crippen molar-refractivity contribution in [2.45, 2.75) is 51.5 Å². The molecule has 0 aliphatic heterocycles.